The Kier molecular flexibility index (Phi) is 5.09. The zero-order valence-corrected chi connectivity index (χ0v) is 15.1. The van der Waals surface area contributed by atoms with E-state index < -0.39 is 0 Å². The maximum Gasteiger partial charge on any atom is 0.223 e. The Hall–Kier alpha value is -2.49. The van der Waals surface area contributed by atoms with Gasteiger partial charge in [-0.25, -0.2) is 0 Å². The summed E-state index contributed by atoms with van der Waals surface area (Å²) in [6, 6.07) is 16.8. The lowest BCUT2D eigenvalue weighted by Crippen LogP contribution is -2.34. The van der Waals surface area contributed by atoms with Crippen molar-refractivity contribution in [1.29, 1.82) is 0 Å². The van der Waals surface area contributed by atoms with Gasteiger partial charge in [-0.2, -0.15) is 0 Å². The summed E-state index contributed by atoms with van der Waals surface area (Å²) in [6.45, 7) is 3.27. The molecule has 136 valence electrons. The fourth-order valence-corrected chi connectivity index (χ4v) is 3.48. The van der Waals surface area contributed by atoms with Gasteiger partial charge in [-0.1, -0.05) is 36.4 Å². The fourth-order valence-electron chi connectivity index (χ4n) is 3.48. The van der Waals surface area contributed by atoms with E-state index in [1.807, 2.05) is 6.07 Å². The average Bonchev–Trinajstić information content (AvgIpc) is 3.45. The molecule has 1 saturated carbocycles. The summed E-state index contributed by atoms with van der Waals surface area (Å²) >= 11 is 0. The second kappa shape index (κ2) is 7.81. The highest BCUT2D eigenvalue weighted by Crippen LogP contribution is 2.32. The van der Waals surface area contributed by atoms with Gasteiger partial charge in [0.15, 0.2) is 0 Å². The molecule has 1 amide bonds. The summed E-state index contributed by atoms with van der Waals surface area (Å²) in [5.41, 5.74) is 3.92. The van der Waals surface area contributed by atoms with E-state index in [0.29, 0.717) is 13.2 Å². The SMILES string of the molecule is O=C(NCCN1CCc2ccc(OCCc3ccccc3)cc21)C1CC1. The number of hydrogen-bond donors (Lipinski definition) is 1. The molecule has 26 heavy (non-hydrogen) atoms. The Bertz CT molecular complexity index is 756. The molecule has 2 aromatic rings. The van der Waals surface area contributed by atoms with Gasteiger partial charge in [0.25, 0.3) is 0 Å². The van der Waals surface area contributed by atoms with Crippen molar-refractivity contribution in [3.8, 4) is 5.75 Å². The summed E-state index contributed by atoms with van der Waals surface area (Å²) in [5.74, 6) is 1.43. The molecule has 1 heterocycles. The van der Waals surface area contributed by atoms with E-state index in [-0.39, 0.29) is 11.8 Å². The average molecular weight is 350 g/mol. The molecule has 1 N–H and O–H groups in total. The summed E-state index contributed by atoms with van der Waals surface area (Å²) in [4.78, 5) is 14.1. The predicted octanol–water partition coefficient (Wildman–Crippen LogP) is 3.20. The Labute approximate surface area is 155 Å². The predicted molar refractivity (Wildman–Crippen MR) is 104 cm³/mol. The summed E-state index contributed by atoms with van der Waals surface area (Å²) < 4.78 is 5.97. The molecule has 1 aliphatic heterocycles. The maximum atomic E-state index is 11.8. The van der Waals surface area contributed by atoms with Crippen LogP contribution >= 0.6 is 0 Å². The molecule has 4 rings (SSSR count). The van der Waals surface area contributed by atoms with Gasteiger partial charge in [0.2, 0.25) is 5.91 Å². The first-order valence-corrected chi connectivity index (χ1v) is 9.62. The first-order chi connectivity index (χ1) is 12.8. The van der Waals surface area contributed by atoms with Crippen molar-refractivity contribution in [2.45, 2.75) is 25.7 Å². The van der Waals surface area contributed by atoms with E-state index in [1.165, 1.54) is 16.8 Å². The Morgan fingerprint density at radius 2 is 2.00 bits per heavy atom. The molecular formula is C22H26N2O2. The molecule has 0 unspecified atom stereocenters. The summed E-state index contributed by atoms with van der Waals surface area (Å²) in [5, 5.41) is 3.06. The number of carbonyl (C=O) groups excluding carboxylic acids is 1. The van der Waals surface area contributed by atoms with Crippen LogP contribution in [0.5, 0.6) is 5.75 Å². The summed E-state index contributed by atoms with van der Waals surface area (Å²) in [6.07, 6.45) is 4.09. The van der Waals surface area contributed by atoms with Crippen molar-refractivity contribution >= 4 is 11.6 Å². The van der Waals surface area contributed by atoms with E-state index in [2.05, 4.69) is 52.7 Å². The number of benzene rings is 2. The highest BCUT2D eigenvalue weighted by Gasteiger charge is 2.29. The van der Waals surface area contributed by atoms with Crippen LogP contribution in [0.4, 0.5) is 5.69 Å². The van der Waals surface area contributed by atoms with Gasteiger partial charge in [-0.3, -0.25) is 4.79 Å². The van der Waals surface area contributed by atoms with Crippen LogP contribution in [0, 0.1) is 5.92 Å². The van der Waals surface area contributed by atoms with Crippen molar-refractivity contribution in [3.63, 3.8) is 0 Å². The van der Waals surface area contributed by atoms with Crippen LogP contribution in [0.2, 0.25) is 0 Å². The quantitative estimate of drug-likeness (QED) is 0.795. The third-order valence-corrected chi connectivity index (χ3v) is 5.18. The Morgan fingerprint density at radius 1 is 1.15 bits per heavy atom. The van der Waals surface area contributed by atoms with Gasteiger partial charge in [0, 0.05) is 43.7 Å². The molecule has 4 heteroatoms. The molecule has 0 bridgehead atoms. The van der Waals surface area contributed by atoms with Gasteiger partial charge in [-0.15, -0.1) is 0 Å². The number of amides is 1. The van der Waals surface area contributed by atoms with Crippen molar-refractivity contribution in [2.24, 2.45) is 5.92 Å². The van der Waals surface area contributed by atoms with Gasteiger partial charge in [0.05, 0.1) is 6.61 Å². The van der Waals surface area contributed by atoms with Crippen LogP contribution in [-0.2, 0) is 17.6 Å². The highest BCUT2D eigenvalue weighted by molar-refractivity contribution is 5.80. The molecule has 2 aromatic carbocycles. The number of nitrogens with one attached hydrogen (secondary N) is 1. The van der Waals surface area contributed by atoms with E-state index in [0.717, 1.165) is 44.5 Å². The maximum absolute atomic E-state index is 11.8. The van der Waals surface area contributed by atoms with Crippen LogP contribution in [0.25, 0.3) is 0 Å². The minimum atomic E-state index is 0.224. The number of nitrogens with zero attached hydrogens (tertiary/aromatic N) is 1. The van der Waals surface area contributed by atoms with Crippen molar-refractivity contribution in [1.82, 2.24) is 5.32 Å². The van der Waals surface area contributed by atoms with Gasteiger partial charge < -0.3 is 15.0 Å². The molecule has 0 saturated heterocycles. The Balaban J connectivity index is 1.29. The fraction of sp³-hybridized carbons (Fsp3) is 0.409. The van der Waals surface area contributed by atoms with Crippen LogP contribution in [-0.4, -0.2) is 32.1 Å². The van der Waals surface area contributed by atoms with Crippen LogP contribution in [0.3, 0.4) is 0 Å². The van der Waals surface area contributed by atoms with E-state index in [1.54, 1.807) is 0 Å². The molecule has 1 aliphatic carbocycles. The standard InChI is InChI=1S/C22H26N2O2/c25-22(19-6-7-19)23-12-14-24-13-10-18-8-9-20(16-21(18)24)26-15-11-17-4-2-1-3-5-17/h1-5,8-9,16,19H,6-7,10-15H2,(H,23,25). The third-order valence-electron chi connectivity index (χ3n) is 5.18. The number of fused-ring (bicyclic) bond motifs is 1. The molecule has 0 atom stereocenters. The lowest BCUT2D eigenvalue weighted by molar-refractivity contribution is -0.122. The zero-order chi connectivity index (χ0) is 17.8. The van der Waals surface area contributed by atoms with Gasteiger partial charge in [-0.05, 0) is 36.5 Å². The van der Waals surface area contributed by atoms with Crippen LogP contribution < -0.4 is 15.0 Å². The van der Waals surface area contributed by atoms with Crippen LogP contribution in [0.15, 0.2) is 48.5 Å². The molecular weight excluding hydrogens is 324 g/mol. The highest BCUT2D eigenvalue weighted by atomic mass is 16.5. The second-order valence-electron chi connectivity index (χ2n) is 7.18. The molecule has 1 fully saturated rings. The number of carbonyl (C=O) groups is 1. The minimum Gasteiger partial charge on any atom is -0.493 e. The number of anilines is 1. The van der Waals surface area contributed by atoms with E-state index in [9.17, 15) is 4.79 Å². The number of ether oxygens (including phenoxy) is 1. The Morgan fingerprint density at radius 3 is 2.81 bits per heavy atom. The monoisotopic (exact) mass is 350 g/mol. The van der Waals surface area contributed by atoms with E-state index >= 15 is 0 Å². The second-order valence-corrected chi connectivity index (χ2v) is 7.18. The lowest BCUT2D eigenvalue weighted by atomic mass is 10.1. The summed E-state index contributed by atoms with van der Waals surface area (Å²) in [7, 11) is 0. The molecule has 0 spiro atoms. The van der Waals surface area contributed by atoms with Crippen LogP contribution in [0.1, 0.15) is 24.0 Å². The number of hydrogen-bond acceptors (Lipinski definition) is 3. The first kappa shape index (κ1) is 17.0. The molecule has 0 radical (unpaired) electrons. The third kappa shape index (κ3) is 4.18. The zero-order valence-electron chi connectivity index (χ0n) is 15.1. The molecule has 4 nitrogen and oxygen atoms in total. The lowest BCUT2D eigenvalue weighted by Gasteiger charge is -2.20. The van der Waals surface area contributed by atoms with E-state index in [4.69, 9.17) is 4.74 Å². The van der Waals surface area contributed by atoms with Crippen molar-refractivity contribution < 1.29 is 9.53 Å². The van der Waals surface area contributed by atoms with Gasteiger partial charge >= 0.3 is 0 Å². The topological polar surface area (TPSA) is 41.6 Å². The van der Waals surface area contributed by atoms with Gasteiger partial charge in [0.1, 0.15) is 5.75 Å². The molecule has 2 aliphatic rings. The largest absolute Gasteiger partial charge is 0.493 e. The molecule has 0 aromatic heterocycles. The minimum absolute atomic E-state index is 0.224. The smallest absolute Gasteiger partial charge is 0.223 e. The van der Waals surface area contributed by atoms with Crippen molar-refractivity contribution in [2.75, 3.05) is 31.1 Å². The first-order valence-electron chi connectivity index (χ1n) is 9.62. The number of rotatable bonds is 8. The van der Waals surface area contributed by atoms with Crippen molar-refractivity contribution in [3.05, 3.63) is 59.7 Å². The normalized spacial score (nSPS) is 15.6.